The van der Waals surface area contributed by atoms with Gasteiger partial charge in [-0.2, -0.15) is 5.10 Å². The second-order valence-electron chi connectivity index (χ2n) is 4.55. The summed E-state index contributed by atoms with van der Waals surface area (Å²) < 4.78 is 1.78. The molecule has 0 saturated carbocycles. The fourth-order valence-electron chi connectivity index (χ4n) is 1.98. The van der Waals surface area contributed by atoms with Crippen LogP contribution in [0.3, 0.4) is 0 Å². The fraction of sp³-hybridized carbons (Fsp3) is 0.429. The zero-order chi connectivity index (χ0) is 13.8. The molecule has 0 N–H and O–H groups in total. The second kappa shape index (κ2) is 6.02. The average Bonchev–Trinajstić information content (AvgIpc) is 3.07. The van der Waals surface area contributed by atoms with Gasteiger partial charge < -0.3 is 4.90 Å². The van der Waals surface area contributed by atoms with Crippen molar-refractivity contribution in [1.29, 1.82) is 0 Å². The lowest BCUT2D eigenvalue weighted by Crippen LogP contribution is -2.31. The highest BCUT2D eigenvalue weighted by Crippen LogP contribution is 2.24. The Morgan fingerprint density at radius 3 is 2.95 bits per heavy atom. The minimum Gasteiger partial charge on any atom is -0.333 e. The van der Waals surface area contributed by atoms with Crippen molar-refractivity contribution in [3.8, 4) is 0 Å². The Kier molecular flexibility index (Phi) is 4.37. The molecule has 1 atom stereocenters. The Labute approximate surface area is 117 Å². The number of thiophene rings is 1. The number of carbonyl (C=O) groups is 1. The molecule has 1 amide bonds. The minimum absolute atomic E-state index is 0.0202. The summed E-state index contributed by atoms with van der Waals surface area (Å²) >= 11 is 1.67. The molecule has 19 heavy (non-hydrogen) atoms. The van der Waals surface area contributed by atoms with Crippen LogP contribution in [-0.4, -0.2) is 27.6 Å². The highest BCUT2D eigenvalue weighted by molar-refractivity contribution is 7.10. The van der Waals surface area contributed by atoms with E-state index in [-0.39, 0.29) is 11.9 Å². The fourth-order valence-corrected chi connectivity index (χ4v) is 2.81. The topological polar surface area (TPSA) is 38.1 Å². The van der Waals surface area contributed by atoms with Crippen LogP contribution in [-0.2, 0) is 6.54 Å². The van der Waals surface area contributed by atoms with E-state index in [9.17, 15) is 4.79 Å². The van der Waals surface area contributed by atoms with E-state index in [1.807, 2.05) is 25.4 Å². The lowest BCUT2D eigenvalue weighted by Gasteiger charge is -2.24. The van der Waals surface area contributed by atoms with Gasteiger partial charge in [-0.3, -0.25) is 9.48 Å². The number of carbonyl (C=O) groups excluding carboxylic acids is 1. The van der Waals surface area contributed by atoms with E-state index >= 15 is 0 Å². The molecule has 0 spiro atoms. The first kappa shape index (κ1) is 13.8. The first-order chi connectivity index (χ1) is 9.15. The molecule has 5 heteroatoms. The van der Waals surface area contributed by atoms with Crippen molar-refractivity contribution in [2.24, 2.45) is 0 Å². The molecule has 0 fully saturated rings. The number of aromatic nitrogens is 2. The van der Waals surface area contributed by atoms with Crippen molar-refractivity contribution < 1.29 is 4.79 Å². The average molecular weight is 277 g/mol. The van der Waals surface area contributed by atoms with Crippen molar-refractivity contribution >= 4 is 17.2 Å². The maximum atomic E-state index is 12.5. The van der Waals surface area contributed by atoms with E-state index in [0.29, 0.717) is 5.69 Å². The van der Waals surface area contributed by atoms with Gasteiger partial charge >= 0.3 is 0 Å². The lowest BCUT2D eigenvalue weighted by molar-refractivity contribution is 0.0732. The summed E-state index contributed by atoms with van der Waals surface area (Å²) in [6.07, 6.45) is 2.65. The van der Waals surface area contributed by atoms with E-state index < -0.39 is 0 Å². The van der Waals surface area contributed by atoms with E-state index in [1.54, 1.807) is 33.2 Å². The van der Waals surface area contributed by atoms with E-state index in [0.717, 1.165) is 13.0 Å². The molecule has 2 aromatic rings. The Morgan fingerprint density at radius 1 is 1.53 bits per heavy atom. The van der Waals surface area contributed by atoms with Crippen LogP contribution in [0.2, 0.25) is 0 Å². The molecule has 2 heterocycles. The van der Waals surface area contributed by atoms with Crippen LogP contribution in [0.1, 0.15) is 41.7 Å². The van der Waals surface area contributed by atoms with Crippen LogP contribution in [0, 0.1) is 0 Å². The molecular weight excluding hydrogens is 258 g/mol. The number of hydrogen-bond acceptors (Lipinski definition) is 3. The highest BCUT2D eigenvalue weighted by Gasteiger charge is 2.22. The largest absolute Gasteiger partial charge is 0.333 e. The van der Waals surface area contributed by atoms with Gasteiger partial charge in [0, 0.05) is 24.7 Å². The Hall–Kier alpha value is -1.62. The molecule has 0 aromatic carbocycles. The van der Waals surface area contributed by atoms with E-state index in [2.05, 4.69) is 18.1 Å². The number of nitrogens with zero attached hydrogens (tertiary/aromatic N) is 3. The molecule has 102 valence electrons. The molecule has 0 aliphatic carbocycles. The quantitative estimate of drug-likeness (QED) is 0.842. The molecule has 4 nitrogen and oxygen atoms in total. The van der Waals surface area contributed by atoms with E-state index in [1.165, 1.54) is 4.88 Å². The van der Waals surface area contributed by atoms with Gasteiger partial charge in [-0.05, 0) is 30.9 Å². The summed E-state index contributed by atoms with van der Waals surface area (Å²) in [6.45, 7) is 4.90. The zero-order valence-electron chi connectivity index (χ0n) is 11.5. The Bertz CT molecular complexity index is 533. The van der Waals surface area contributed by atoms with E-state index in [4.69, 9.17) is 0 Å². The summed E-state index contributed by atoms with van der Waals surface area (Å²) in [7, 11) is 1.84. The SMILES string of the molecule is CCCn1nccc1C(=O)N(C)[C@H](C)c1cccs1. The van der Waals surface area contributed by atoms with Gasteiger partial charge in [0.05, 0.1) is 6.04 Å². The smallest absolute Gasteiger partial charge is 0.272 e. The van der Waals surface area contributed by atoms with Crippen molar-refractivity contribution in [2.45, 2.75) is 32.9 Å². The third-order valence-electron chi connectivity index (χ3n) is 3.23. The summed E-state index contributed by atoms with van der Waals surface area (Å²) in [5.74, 6) is 0.0202. The lowest BCUT2D eigenvalue weighted by atomic mass is 10.2. The molecule has 0 aliphatic rings. The van der Waals surface area contributed by atoms with Gasteiger partial charge in [0.15, 0.2) is 0 Å². The zero-order valence-corrected chi connectivity index (χ0v) is 12.4. The van der Waals surface area contributed by atoms with Crippen LogP contribution in [0.15, 0.2) is 29.8 Å². The van der Waals surface area contributed by atoms with Crippen molar-refractivity contribution in [2.75, 3.05) is 7.05 Å². The maximum Gasteiger partial charge on any atom is 0.272 e. The third kappa shape index (κ3) is 2.87. The van der Waals surface area contributed by atoms with Crippen LogP contribution in [0.25, 0.3) is 0 Å². The molecule has 2 rings (SSSR count). The van der Waals surface area contributed by atoms with Crippen molar-refractivity contribution in [3.63, 3.8) is 0 Å². The summed E-state index contributed by atoms with van der Waals surface area (Å²) in [6, 6.07) is 5.94. The molecule has 2 aromatic heterocycles. The monoisotopic (exact) mass is 277 g/mol. The number of hydrogen-bond donors (Lipinski definition) is 0. The Morgan fingerprint density at radius 2 is 2.32 bits per heavy atom. The predicted molar refractivity (Wildman–Crippen MR) is 77.3 cm³/mol. The van der Waals surface area contributed by atoms with Gasteiger partial charge in [0.2, 0.25) is 0 Å². The summed E-state index contributed by atoms with van der Waals surface area (Å²) in [4.78, 5) is 15.5. The van der Waals surface area contributed by atoms with Crippen LogP contribution >= 0.6 is 11.3 Å². The standard InChI is InChI=1S/C14H19N3OS/c1-4-9-17-12(7-8-15-17)14(18)16(3)11(2)13-6-5-10-19-13/h5-8,10-11H,4,9H2,1-3H3/t11-/m1/s1. The van der Waals surface area contributed by atoms with Crippen LogP contribution in [0.5, 0.6) is 0 Å². The van der Waals surface area contributed by atoms with Gasteiger partial charge in [-0.15, -0.1) is 11.3 Å². The van der Waals surface area contributed by atoms with Crippen molar-refractivity contribution in [1.82, 2.24) is 14.7 Å². The third-order valence-corrected chi connectivity index (χ3v) is 4.27. The molecule has 0 saturated heterocycles. The normalized spacial score (nSPS) is 12.4. The minimum atomic E-state index is 0.0202. The maximum absolute atomic E-state index is 12.5. The number of aryl methyl sites for hydroxylation is 1. The van der Waals surface area contributed by atoms with Crippen LogP contribution < -0.4 is 0 Å². The van der Waals surface area contributed by atoms with Gasteiger partial charge in [0.25, 0.3) is 5.91 Å². The first-order valence-corrected chi connectivity index (χ1v) is 7.35. The predicted octanol–water partition coefficient (Wildman–Crippen LogP) is 3.19. The highest BCUT2D eigenvalue weighted by atomic mass is 32.1. The van der Waals surface area contributed by atoms with Crippen molar-refractivity contribution in [3.05, 3.63) is 40.3 Å². The van der Waals surface area contributed by atoms with Crippen LogP contribution in [0.4, 0.5) is 0 Å². The number of amides is 1. The van der Waals surface area contributed by atoms with Gasteiger partial charge in [-0.1, -0.05) is 13.0 Å². The second-order valence-corrected chi connectivity index (χ2v) is 5.53. The molecule has 0 radical (unpaired) electrons. The Balaban J connectivity index is 2.16. The molecular formula is C14H19N3OS. The molecule has 0 unspecified atom stereocenters. The first-order valence-electron chi connectivity index (χ1n) is 6.47. The molecule has 0 bridgehead atoms. The van der Waals surface area contributed by atoms with Gasteiger partial charge in [-0.25, -0.2) is 0 Å². The molecule has 0 aliphatic heterocycles. The number of rotatable bonds is 5. The van der Waals surface area contributed by atoms with Gasteiger partial charge in [0.1, 0.15) is 5.69 Å². The summed E-state index contributed by atoms with van der Waals surface area (Å²) in [5.41, 5.74) is 0.660. The summed E-state index contributed by atoms with van der Waals surface area (Å²) in [5, 5.41) is 6.24.